The van der Waals surface area contributed by atoms with Crippen LogP contribution in [0.25, 0.3) is 22.3 Å². The minimum absolute atomic E-state index is 0.0783. The highest BCUT2D eigenvalue weighted by molar-refractivity contribution is 7.48. The highest BCUT2D eigenvalue weighted by atomic mass is 31.2. The maximum absolute atomic E-state index is 13.4. The van der Waals surface area contributed by atoms with Crippen LogP contribution in [0.2, 0.25) is 0 Å². The Kier molecular flexibility index (Phi) is 7.97. The first kappa shape index (κ1) is 28.0. The number of hydrogen-bond acceptors (Lipinski definition) is 9. The van der Waals surface area contributed by atoms with E-state index in [0.717, 1.165) is 36.6 Å². The van der Waals surface area contributed by atoms with Crippen LogP contribution in [0.1, 0.15) is 69.6 Å². The molecule has 2 N–H and O–H groups in total. The number of unbranched alkanes of at least 4 members (excludes halogenated alkanes) is 2. The van der Waals surface area contributed by atoms with Gasteiger partial charge in [0.2, 0.25) is 0 Å². The number of hydrogen-bond donors (Lipinski definition) is 2. The molecule has 0 spiro atoms. The largest absolute Gasteiger partial charge is 0.530 e. The molecule has 2 aromatic heterocycles. The summed E-state index contributed by atoms with van der Waals surface area (Å²) in [5.74, 6) is 0.336. The van der Waals surface area contributed by atoms with E-state index in [1.807, 2.05) is 19.9 Å². The van der Waals surface area contributed by atoms with Gasteiger partial charge >= 0.3 is 7.82 Å². The Bertz CT molecular complexity index is 1470. The van der Waals surface area contributed by atoms with E-state index in [1.54, 1.807) is 35.8 Å². The molecule has 2 atom stereocenters. The topological polar surface area (TPSA) is 129 Å². The standard InChI is InChI=1S/C28H35N2O8P/c1-4-7-11-36-39(34,37-12-8-5-2)38-20-9-10-23-18(14-20)13-19-16-30-24(25(19)29-23)15-22-21(26(30)31)17-35-27(32)28(22,33)6-3/h9-10,13-15,27,32-33H,4-8,11-12,16-17H2,1-3H3/t27?,28-/m0/s1. The van der Waals surface area contributed by atoms with Gasteiger partial charge in [-0.2, -0.15) is 0 Å². The molecule has 10 nitrogen and oxygen atoms in total. The van der Waals surface area contributed by atoms with Gasteiger partial charge in [-0.3, -0.25) is 13.8 Å². The van der Waals surface area contributed by atoms with Crippen LogP contribution in [0.3, 0.4) is 0 Å². The van der Waals surface area contributed by atoms with E-state index >= 15 is 0 Å². The zero-order valence-electron chi connectivity index (χ0n) is 22.5. The van der Waals surface area contributed by atoms with E-state index in [1.165, 1.54) is 0 Å². The average Bonchev–Trinajstić information content (AvgIpc) is 3.28. The van der Waals surface area contributed by atoms with Gasteiger partial charge < -0.3 is 24.0 Å². The van der Waals surface area contributed by atoms with Crippen LogP contribution >= 0.6 is 7.82 Å². The van der Waals surface area contributed by atoms with E-state index < -0.39 is 19.7 Å². The summed E-state index contributed by atoms with van der Waals surface area (Å²) in [6, 6.07) is 8.82. The molecule has 3 aromatic rings. The lowest BCUT2D eigenvalue weighted by Gasteiger charge is -2.37. The third kappa shape index (κ3) is 5.17. The van der Waals surface area contributed by atoms with E-state index in [0.29, 0.717) is 40.3 Å². The minimum atomic E-state index is -3.80. The summed E-state index contributed by atoms with van der Waals surface area (Å²) >= 11 is 0. The van der Waals surface area contributed by atoms with E-state index in [2.05, 4.69) is 0 Å². The summed E-state index contributed by atoms with van der Waals surface area (Å²) < 4.78 is 37.1. The fourth-order valence-corrected chi connectivity index (χ4v) is 6.25. The van der Waals surface area contributed by atoms with Crippen LogP contribution in [0.4, 0.5) is 0 Å². The Morgan fingerprint density at radius 1 is 1.13 bits per heavy atom. The number of benzene rings is 1. The Morgan fingerprint density at radius 3 is 2.51 bits per heavy atom. The SMILES string of the molecule is CCCCOP(=O)(OCCCC)Oc1ccc2nc3c(cc2c1)Cn1c-3cc2c(c1=O)COC(O)[C@]2(O)CC. The lowest BCUT2D eigenvalue weighted by molar-refractivity contribution is -0.236. The zero-order valence-corrected chi connectivity index (χ0v) is 23.4. The molecule has 4 heterocycles. The second-order valence-electron chi connectivity index (χ2n) is 10.0. The predicted molar refractivity (Wildman–Crippen MR) is 145 cm³/mol. The van der Waals surface area contributed by atoms with Gasteiger partial charge in [-0.25, -0.2) is 9.55 Å². The summed E-state index contributed by atoms with van der Waals surface area (Å²) in [4.78, 5) is 18.2. The molecule has 39 heavy (non-hydrogen) atoms. The first-order valence-corrected chi connectivity index (χ1v) is 15.0. The summed E-state index contributed by atoms with van der Waals surface area (Å²) in [5.41, 5.74) is 1.44. The van der Waals surface area contributed by atoms with Crippen LogP contribution in [0, 0.1) is 0 Å². The van der Waals surface area contributed by atoms with Crippen LogP contribution in [-0.2, 0) is 37.1 Å². The fourth-order valence-electron chi connectivity index (χ4n) is 4.99. The van der Waals surface area contributed by atoms with Gasteiger partial charge in [-0.05, 0) is 49.6 Å². The van der Waals surface area contributed by atoms with E-state index in [-0.39, 0.29) is 31.8 Å². The number of phosphoric acid groups is 1. The van der Waals surface area contributed by atoms with Gasteiger partial charge in [-0.15, -0.1) is 0 Å². The first-order chi connectivity index (χ1) is 18.7. The normalized spacial score (nSPS) is 20.1. The van der Waals surface area contributed by atoms with Crippen molar-refractivity contribution in [2.45, 2.75) is 77.9 Å². The van der Waals surface area contributed by atoms with Crippen molar-refractivity contribution in [1.82, 2.24) is 9.55 Å². The van der Waals surface area contributed by atoms with Crippen molar-refractivity contribution in [3.05, 3.63) is 57.4 Å². The van der Waals surface area contributed by atoms with Crippen LogP contribution in [-0.4, -0.2) is 39.3 Å². The summed E-state index contributed by atoms with van der Waals surface area (Å²) in [6.07, 6.45) is 2.02. The molecule has 0 saturated carbocycles. The molecule has 210 valence electrons. The molecule has 2 aliphatic heterocycles. The smallest absolute Gasteiger partial charge is 0.404 e. The highest BCUT2D eigenvalue weighted by Crippen LogP contribution is 2.50. The molecule has 0 amide bonds. The molecule has 11 heteroatoms. The summed E-state index contributed by atoms with van der Waals surface area (Å²) in [7, 11) is -3.80. The number of ether oxygens (including phenoxy) is 1. The second kappa shape index (κ2) is 11.1. The van der Waals surface area contributed by atoms with E-state index in [4.69, 9.17) is 23.3 Å². The average molecular weight is 559 g/mol. The van der Waals surface area contributed by atoms with Gasteiger partial charge in [0.1, 0.15) is 11.4 Å². The fraction of sp³-hybridized carbons (Fsp3) is 0.500. The predicted octanol–water partition coefficient (Wildman–Crippen LogP) is 4.99. The highest BCUT2D eigenvalue weighted by Gasteiger charge is 2.44. The molecule has 0 bridgehead atoms. The summed E-state index contributed by atoms with van der Waals surface area (Å²) in [6.45, 7) is 6.54. The Labute approximate surface area is 227 Å². The van der Waals surface area contributed by atoms with Crippen LogP contribution in [0.15, 0.2) is 35.1 Å². The molecule has 2 aliphatic rings. The van der Waals surface area contributed by atoms with Crippen molar-refractivity contribution in [2.75, 3.05) is 13.2 Å². The number of aromatic nitrogens is 2. The van der Waals surface area contributed by atoms with Gasteiger partial charge in [0.15, 0.2) is 6.29 Å². The number of phosphoric ester groups is 1. The molecular formula is C28H35N2O8P. The third-order valence-electron chi connectivity index (χ3n) is 7.35. The van der Waals surface area contributed by atoms with Crippen molar-refractivity contribution < 1.29 is 33.1 Å². The quantitative estimate of drug-likeness (QED) is 0.193. The molecule has 0 radical (unpaired) electrons. The number of pyridine rings is 2. The number of aliphatic hydroxyl groups excluding tert-OH is 1. The van der Waals surface area contributed by atoms with Crippen molar-refractivity contribution in [3.63, 3.8) is 0 Å². The second-order valence-corrected chi connectivity index (χ2v) is 11.6. The number of nitrogens with zero attached hydrogens (tertiary/aromatic N) is 2. The third-order valence-corrected chi connectivity index (χ3v) is 8.78. The van der Waals surface area contributed by atoms with Crippen LogP contribution < -0.4 is 10.1 Å². The minimum Gasteiger partial charge on any atom is -0.404 e. The Morgan fingerprint density at radius 2 is 1.85 bits per heavy atom. The molecule has 1 unspecified atom stereocenters. The Hall–Kier alpha value is -2.59. The molecule has 5 rings (SSSR count). The molecule has 0 fully saturated rings. The van der Waals surface area contributed by atoms with Crippen molar-refractivity contribution in [3.8, 4) is 17.1 Å². The molecule has 0 saturated heterocycles. The Balaban J connectivity index is 1.49. The molecule has 1 aromatic carbocycles. The number of aliphatic hydroxyl groups is 2. The molecular weight excluding hydrogens is 523 g/mol. The van der Waals surface area contributed by atoms with Gasteiger partial charge in [0, 0.05) is 22.1 Å². The maximum Gasteiger partial charge on any atom is 0.530 e. The maximum atomic E-state index is 13.4. The monoisotopic (exact) mass is 558 g/mol. The number of rotatable bonds is 11. The number of fused-ring (bicyclic) bond motifs is 5. The van der Waals surface area contributed by atoms with Crippen molar-refractivity contribution in [2.24, 2.45) is 0 Å². The van der Waals surface area contributed by atoms with Gasteiger partial charge in [0.05, 0.1) is 43.3 Å². The van der Waals surface area contributed by atoms with Gasteiger partial charge in [0.25, 0.3) is 5.56 Å². The van der Waals surface area contributed by atoms with Crippen LogP contribution in [0.5, 0.6) is 5.75 Å². The zero-order chi connectivity index (χ0) is 27.8. The lowest BCUT2D eigenvalue weighted by Crippen LogP contribution is -2.47. The van der Waals surface area contributed by atoms with E-state index in [9.17, 15) is 19.6 Å². The molecule has 0 aliphatic carbocycles. The van der Waals surface area contributed by atoms with Gasteiger partial charge in [-0.1, -0.05) is 33.6 Å². The summed E-state index contributed by atoms with van der Waals surface area (Å²) in [5, 5.41) is 22.2. The van der Waals surface area contributed by atoms with Crippen molar-refractivity contribution >= 4 is 18.7 Å². The lowest BCUT2D eigenvalue weighted by atomic mass is 9.85. The van der Waals surface area contributed by atoms with Crippen molar-refractivity contribution in [1.29, 1.82) is 0 Å². The first-order valence-electron chi connectivity index (χ1n) is 13.5.